The van der Waals surface area contributed by atoms with Crippen LogP contribution in [0.3, 0.4) is 0 Å². The van der Waals surface area contributed by atoms with Crippen LogP contribution in [0, 0.1) is 5.82 Å². The molecule has 29 heavy (non-hydrogen) atoms. The SMILES string of the molecule is CCN(CC)S(=O)(=O)c1ccc(F)c(C(=O)OCC(=O)N2[C@H](C)CCC[C@@H]2C)c1. The zero-order valence-electron chi connectivity index (χ0n) is 17.4. The normalized spacial score (nSPS) is 20.0. The van der Waals surface area contributed by atoms with E-state index in [0.717, 1.165) is 37.5 Å². The highest BCUT2D eigenvalue weighted by Crippen LogP contribution is 2.23. The number of hydrogen-bond acceptors (Lipinski definition) is 5. The Morgan fingerprint density at radius 3 is 2.31 bits per heavy atom. The smallest absolute Gasteiger partial charge is 0.341 e. The maximum atomic E-state index is 14.2. The number of hydrogen-bond donors (Lipinski definition) is 0. The van der Waals surface area contributed by atoms with Gasteiger partial charge in [0.2, 0.25) is 10.0 Å². The quantitative estimate of drug-likeness (QED) is 0.624. The molecular weight excluding hydrogens is 399 g/mol. The maximum Gasteiger partial charge on any atom is 0.341 e. The molecule has 0 aromatic heterocycles. The summed E-state index contributed by atoms with van der Waals surface area (Å²) in [6, 6.07) is 3.08. The highest BCUT2D eigenvalue weighted by Gasteiger charge is 2.30. The van der Waals surface area contributed by atoms with Gasteiger partial charge in [-0.15, -0.1) is 0 Å². The van der Waals surface area contributed by atoms with Gasteiger partial charge in [-0.25, -0.2) is 17.6 Å². The minimum absolute atomic E-state index is 0.0456. The lowest BCUT2D eigenvalue weighted by molar-refractivity contribution is -0.140. The van der Waals surface area contributed by atoms with Gasteiger partial charge in [0.05, 0.1) is 10.5 Å². The predicted molar refractivity (Wildman–Crippen MR) is 106 cm³/mol. The van der Waals surface area contributed by atoms with Crippen LogP contribution in [0.1, 0.15) is 57.3 Å². The Morgan fingerprint density at radius 1 is 1.17 bits per heavy atom. The van der Waals surface area contributed by atoms with Gasteiger partial charge in [-0.3, -0.25) is 4.79 Å². The Labute approximate surface area is 171 Å². The van der Waals surface area contributed by atoms with Crippen LogP contribution in [0.4, 0.5) is 4.39 Å². The second-order valence-corrected chi connectivity index (χ2v) is 9.18. The molecule has 0 N–H and O–H groups in total. The molecule has 0 bridgehead atoms. The Kier molecular flexibility index (Phi) is 7.76. The van der Waals surface area contributed by atoms with Crippen LogP contribution < -0.4 is 0 Å². The minimum atomic E-state index is -3.85. The summed E-state index contributed by atoms with van der Waals surface area (Å²) in [6.45, 7) is 7.24. The van der Waals surface area contributed by atoms with Crippen molar-refractivity contribution in [3.8, 4) is 0 Å². The van der Waals surface area contributed by atoms with Gasteiger partial charge in [-0.1, -0.05) is 13.8 Å². The third kappa shape index (κ3) is 5.14. The van der Waals surface area contributed by atoms with Crippen molar-refractivity contribution in [1.29, 1.82) is 0 Å². The molecule has 1 saturated heterocycles. The van der Waals surface area contributed by atoms with Gasteiger partial charge in [0.1, 0.15) is 5.82 Å². The third-order valence-corrected chi connectivity index (χ3v) is 7.36. The zero-order chi connectivity index (χ0) is 21.8. The average molecular weight is 429 g/mol. The van der Waals surface area contributed by atoms with E-state index in [-0.39, 0.29) is 36.0 Å². The number of halogens is 1. The largest absolute Gasteiger partial charge is 0.452 e. The first-order valence-corrected chi connectivity index (χ1v) is 11.3. The van der Waals surface area contributed by atoms with Crippen LogP contribution in [0.5, 0.6) is 0 Å². The van der Waals surface area contributed by atoms with Crippen molar-refractivity contribution >= 4 is 21.9 Å². The molecule has 1 amide bonds. The van der Waals surface area contributed by atoms with E-state index in [1.54, 1.807) is 18.7 Å². The van der Waals surface area contributed by atoms with Crippen molar-refractivity contribution in [1.82, 2.24) is 9.21 Å². The topological polar surface area (TPSA) is 84.0 Å². The first kappa shape index (κ1) is 23.3. The average Bonchev–Trinajstić information content (AvgIpc) is 2.66. The first-order valence-electron chi connectivity index (χ1n) is 9.91. The molecule has 2 atom stereocenters. The number of esters is 1. The Bertz CT molecular complexity index is 844. The molecule has 7 nitrogen and oxygen atoms in total. The lowest BCUT2D eigenvalue weighted by Crippen LogP contribution is -2.49. The predicted octanol–water partition coefficient (Wildman–Crippen LogP) is 2.80. The van der Waals surface area contributed by atoms with Crippen LogP contribution >= 0.6 is 0 Å². The fourth-order valence-corrected chi connectivity index (χ4v) is 5.21. The van der Waals surface area contributed by atoms with E-state index in [1.165, 1.54) is 4.31 Å². The van der Waals surface area contributed by atoms with E-state index in [0.29, 0.717) is 0 Å². The standard InChI is InChI=1S/C20H29FN2O5S/c1-5-22(6-2)29(26,27)16-10-11-18(21)17(12-16)20(25)28-13-19(24)23-14(3)8-7-9-15(23)4/h10-12,14-15H,5-9,13H2,1-4H3/t14-,15+. The molecule has 0 unspecified atom stereocenters. The zero-order valence-corrected chi connectivity index (χ0v) is 18.2. The van der Waals surface area contributed by atoms with Gasteiger partial charge in [-0.05, 0) is 51.3 Å². The van der Waals surface area contributed by atoms with Gasteiger partial charge in [-0.2, -0.15) is 4.31 Å². The lowest BCUT2D eigenvalue weighted by atomic mass is 9.97. The van der Waals surface area contributed by atoms with Gasteiger partial charge < -0.3 is 9.64 Å². The summed E-state index contributed by atoms with van der Waals surface area (Å²) in [5.74, 6) is -2.31. The first-order chi connectivity index (χ1) is 13.6. The van der Waals surface area contributed by atoms with Crippen molar-refractivity contribution < 1.29 is 27.1 Å². The number of nitrogens with zero attached hydrogens (tertiary/aromatic N) is 2. The molecule has 1 aliphatic heterocycles. The molecular formula is C20H29FN2O5S. The third-order valence-electron chi connectivity index (χ3n) is 5.31. The minimum Gasteiger partial charge on any atom is -0.452 e. The number of benzene rings is 1. The van der Waals surface area contributed by atoms with Gasteiger partial charge in [0.25, 0.3) is 5.91 Å². The van der Waals surface area contributed by atoms with Crippen LogP contribution in [0.2, 0.25) is 0 Å². The maximum absolute atomic E-state index is 14.2. The van der Waals surface area contributed by atoms with Crippen molar-refractivity contribution in [2.75, 3.05) is 19.7 Å². The van der Waals surface area contributed by atoms with Crippen LogP contribution in [0.25, 0.3) is 0 Å². The number of rotatable bonds is 7. The van der Waals surface area contributed by atoms with Crippen molar-refractivity contribution in [3.63, 3.8) is 0 Å². The van der Waals surface area contributed by atoms with Gasteiger partial charge in [0.15, 0.2) is 6.61 Å². The fourth-order valence-electron chi connectivity index (χ4n) is 3.73. The molecule has 0 spiro atoms. The summed E-state index contributed by atoms with van der Waals surface area (Å²) < 4.78 is 45.6. The summed E-state index contributed by atoms with van der Waals surface area (Å²) >= 11 is 0. The van der Waals surface area contributed by atoms with Crippen LogP contribution in [-0.2, 0) is 19.6 Å². The monoisotopic (exact) mass is 428 g/mol. The molecule has 162 valence electrons. The highest BCUT2D eigenvalue weighted by molar-refractivity contribution is 7.89. The molecule has 9 heteroatoms. The van der Waals surface area contributed by atoms with Crippen molar-refractivity contribution in [2.24, 2.45) is 0 Å². The summed E-state index contributed by atoms with van der Waals surface area (Å²) in [6.07, 6.45) is 2.79. The van der Waals surface area contributed by atoms with E-state index in [2.05, 4.69) is 0 Å². The fraction of sp³-hybridized carbons (Fsp3) is 0.600. The Balaban J connectivity index is 2.16. The molecule has 1 fully saturated rings. The lowest BCUT2D eigenvalue weighted by Gasteiger charge is -2.38. The molecule has 1 aromatic rings. The Hall–Kier alpha value is -2.00. The van der Waals surface area contributed by atoms with Gasteiger partial charge >= 0.3 is 5.97 Å². The van der Waals surface area contributed by atoms with E-state index in [4.69, 9.17) is 4.74 Å². The highest BCUT2D eigenvalue weighted by atomic mass is 32.2. The second-order valence-electron chi connectivity index (χ2n) is 7.24. The van der Waals surface area contributed by atoms with E-state index >= 15 is 0 Å². The number of sulfonamides is 1. The molecule has 1 aromatic carbocycles. The molecule has 1 aliphatic rings. The van der Waals surface area contributed by atoms with Crippen molar-refractivity contribution in [3.05, 3.63) is 29.6 Å². The Morgan fingerprint density at radius 2 is 1.76 bits per heavy atom. The summed E-state index contributed by atoms with van der Waals surface area (Å²) in [4.78, 5) is 26.3. The van der Waals surface area contributed by atoms with Gasteiger partial charge in [0, 0.05) is 25.2 Å². The van der Waals surface area contributed by atoms with E-state index in [9.17, 15) is 22.4 Å². The number of ether oxygens (including phenoxy) is 1. The molecule has 1 heterocycles. The van der Waals surface area contributed by atoms with Crippen LogP contribution in [0.15, 0.2) is 23.1 Å². The number of likely N-dealkylation sites (tertiary alicyclic amines) is 1. The van der Waals surface area contributed by atoms with Crippen molar-refractivity contribution in [2.45, 2.75) is 63.9 Å². The van der Waals surface area contributed by atoms with Crippen LogP contribution in [-0.4, -0.2) is 61.3 Å². The molecule has 0 saturated carbocycles. The summed E-state index contributed by atoms with van der Waals surface area (Å²) in [5.41, 5.74) is -0.509. The van der Waals surface area contributed by atoms with E-state index < -0.39 is 34.0 Å². The number of carbonyl (C=O) groups is 2. The molecule has 2 rings (SSSR count). The molecule has 0 radical (unpaired) electrons. The van der Waals surface area contributed by atoms with E-state index in [1.807, 2.05) is 13.8 Å². The number of carbonyl (C=O) groups excluding carboxylic acids is 2. The summed E-state index contributed by atoms with van der Waals surface area (Å²) in [5, 5.41) is 0. The number of amides is 1. The second kappa shape index (κ2) is 9.67. The summed E-state index contributed by atoms with van der Waals surface area (Å²) in [7, 11) is -3.85. The number of piperidine rings is 1. The molecule has 0 aliphatic carbocycles.